The number of sulfonamides is 1. The van der Waals surface area contributed by atoms with E-state index in [-0.39, 0.29) is 17.3 Å². The molecule has 2 heterocycles. The Bertz CT molecular complexity index is 917. The molecule has 1 aromatic heterocycles. The summed E-state index contributed by atoms with van der Waals surface area (Å²) in [4.78, 5) is 12.6. The predicted octanol–water partition coefficient (Wildman–Crippen LogP) is 1.57. The predicted molar refractivity (Wildman–Crippen MR) is 89.9 cm³/mol. The van der Waals surface area contributed by atoms with E-state index in [4.69, 9.17) is 0 Å². The number of para-hydroxylation sites is 1. The Balaban J connectivity index is 2.14. The second-order valence-corrected chi connectivity index (χ2v) is 7.82. The minimum Gasteiger partial charge on any atom is -0.324 e. The molecule has 0 spiro atoms. The van der Waals surface area contributed by atoms with Gasteiger partial charge in [-0.15, -0.1) is 0 Å². The molecule has 0 saturated heterocycles. The van der Waals surface area contributed by atoms with Gasteiger partial charge in [-0.2, -0.15) is 9.40 Å². The Hall–Kier alpha value is -2.19. The van der Waals surface area contributed by atoms with Crippen molar-refractivity contribution in [1.82, 2.24) is 14.1 Å². The van der Waals surface area contributed by atoms with Crippen LogP contribution in [0.2, 0.25) is 0 Å². The number of fused-ring (bicyclic) bond motifs is 1. The first kappa shape index (κ1) is 16.7. The molecule has 0 bridgehead atoms. The molecule has 2 aromatic rings. The van der Waals surface area contributed by atoms with Gasteiger partial charge in [-0.1, -0.05) is 18.2 Å². The summed E-state index contributed by atoms with van der Waals surface area (Å²) in [6.45, 7) is 5.10. The van der Waals surface area contributed by atoms with Crippen LogP contribution >= 0.6 is 0 Å². The van der Waals surface area contributed by atoms with Gasteiger partial charge in [0.25, 0.3) is 0 Å². The van der Waals surface area contributed by atoms with Crippen molar-refractivity contribution in [3.05, 3.63) is 41.2 Å². The lowest BCUT2D eigenvalue weighted by Gasteiger charge is -2.25. The molecule has 0 fully saturated rings. The molecule has 1 aliphatic rings. The van der Waals surface area contributed by atoms with E-state index >= 15 is 0 Å². The van der Waals surface area contributed by atoms with Crippen molar-refractivity contribution in [3.63, 3.8) is 0 Å². The van der Waals surface area contributed by atoms with Crippen LogP contribution in [0.4, 0.5) is 5.69 Å². The fourth-order valence-electron chi connectivity index (χ4n) is 2.99. The van der Waals surface area contributed by atoms with Gasteiger partial charge >= 0.3 is 0 Å². The molecule has 1 N–H and O–H groups in total. The molecule has 1 aliphatic heterocycles. The standard InChI is InChI=1S/C16H20N4O3S/c1-10-15(11(2)19(4)18-10)24(22,23)20-9-13-7-5-6-8-14(13)17-16(21)12(20)3/h5-8,12H,9H2,1-4H3,(H,17,21)/t12-/m1/s1. The second kappa shape index (κ2) is 5.71. The van der Waals surface area contributed by atoms with Gasteiger partial charge in [-0.3, -0.25) is 9.48 Å². The summed E-state index contributed by atoms with van der Waals surface area (Å²) in [5.74, 6) is -0.345. The van der Waals surface area contributed by atoms with Gasteiger partial charge in [-0.25, -0.2) is 8.42 Å². The number of aryl methyl sites for hydroxylation is 2. The van der Waals surface area contributed by atoms with Crippen molar-refractivity contribution < 1.29 is 13.2 Å². The molecule has 1 amide bonds. The van der Waals surface area contributed by atoms with Crippen LogP contribution in [0.25, 0.3) is 0 Å². The average molecular weight is 348 g/mol. The lowest BCUT2D eigenvalue weighted by molar-refractivity contribution is -0.119. The lowest BCUT2D eigenvalue weighted by Crippen LogP contribution is -2.43. The van der Waals surface area contributed by atoms with Gasteiger partial charge < -0.3 is 5.32 Å². The quantitative estimate of drug-likeness (QED) is 0.893. The Morgan fingerprint density at radius 1 is 1.25 bits per heavy atom. The van der Waals surface area contributed by atoms with E-state index in [1.807, 2.05) is 18.2 Å². The number of hydrogen-bond donors (Lipinski definition) is 1. The summed E-state index contributed by atoms with van der Waals surface area (Å²) in [5.41, 5.74) is 2.39. The van der Waals surface area contributed by atoms with E-state index in [1.165, 1.54) is 4.31 Å². The first-order valence-electron chi connectivity index (χ1n) is 7.64. The molecule has 7 nitrogen and oxygen atoms in total. The molecule has 0 saturated carbocycles. The molecule has 0 unspecified atom stereocenters. The number of carbonyl (C=O) groups excluding carboxylic acids is 1. The maximum atomic E-state index is 13.3. The van der Waals surface area contributed by atoms with Gasteiger partial charge in [0.15, 0.2) is 0 Å². The monoisotopic (exact) mass is 348 g/mol. The zero-order valence-electron chi connectivity index (χ0n) is 14.1. The van der Waals surface area contributed by atoms with Crippen LogP contribution in [0.5, 0.6) is 0 Å². The van der Waals surface area contributed by atoms with Crippen molar-refractivity contribution in [2.75, 3.05) is 5.32 Å². The Labute approximate surface area is 141 Å². The molecular weight excluding hydrogens is 328 g/mol. The number of carbonyl (C=O) groups is 1. The number of nitrogens with zero attached hydrogens (tertiary/aromatic N) is 3. The maximum Gasteiger partial charge on any atom is 0.247 e. The molecule has 0 aliphatic carbocycles. The van der Waals surface area contributed by atoms with Gasteiger partial charge in [0, 0.05) is 19.3 Å². The summed E-state index contributed by atoms with van der Waals surface area (Å²) in [6, 6.07) is 6.41. The van der Waals surface area contributed by atoms with Gasteiger partial charge in [0.2, 0.25) is 15.9 Å². The number of amides is 1. The van der Waals surface area contributed by atoms with E-state index < -0.39 is 16.1 Å². The Kier molecular flexibility index (Phi) is 3.97. The van der Waals surface area contributed by atoms with Crippen LogP contribution in [-0.2, 0) is 28.4 Å². The van der Waals surface area contributed by atoms with Gasteiger partial charge in [0.05, 0.1) is 11.4 Å². The first-order chi connectivity index (χ1) is 11.2. The molecule has 24 heavy (non-hydrogen) atoms. The zero-order valence-corrected chi connectivity index (χ0v) is 14.9. The molecule has 3 rings (SSSR count). The molecule has 0 radical (unpaired) electrons. The number of aromatic nitrogens is 2. The van der Waals surface area contributed by atoms with Crippen molar-refractivity contribution in [1.29, 1.82) is 0 Å². The van der Waals surface area contributed by atoms with Crippen LogP contribution in [0.1, 0.15) is 23.9 Å². The van der Waals surface area contributed by atoms with Crippen molar-refractivity contribution in [2.45, 2.75) is 38.3 Å². The Morgan fingerprint density at radius 2 is 1.92 bits per heavy atom. The third-order valence-electron chi connectivity index (χ3n) is 4.42. The van der Waals surface area contributed by atoms with Gasteiger partial charge in [0.1, 0.15) is 10.9 Å². The summed E-state index contributed by atoms with van der Waals surface area (Å²) in [5, 5.41) is 6.99. The van der Waals surface area contributed by atoms with Crippen molar-refractivity contribution >= 4 is 21.6 Å². The largest absolute Gasteiger partial charge is 0.324 e. The normalized spacial score (nSPS) is 18.8. The highest BCUT2D eigenvalue weighted by atomic mass is 32.2. The van der Waals surface area contributed by atoms with Crippen LogP contribution < -0.4 is 5.32 Å². The number of rotatable bonds is 2. The van der Waals surface area contributed by atoms with Crippen LogP contribution in [0.3, 0.4) is 0 Å². The topological polar surface area (TPSA) is 84.3 Å². The first-order valence-corrected chi connectivity index (χ1v) is 9.08. The molecule has 128 valence electrons. The molecular formula is C16H20N4O3S. The van der Waals surface area contributed by atoms with E-state index in [0.29, 0.717) is 17.1 Å². The van der Waals surface area contributed by atoms with E-state index in [0.717, 1.165) is 5.56 Å². The Morgan fingerprint density at radius 3 is 2.54 bits per heavy atom. The SMILES string of the molecule is Cc1nn(C)c(C)c1S(=O)(=O)N1Cc2ccccc2NC(=O)[C@H]1C. The summed E-state index contributed by atoms with van der Waals surface area (Å²) < 4.78 is 29.3. The number of hydrogen-bond acceptors (Lipinski definition) is 4. The minimum absolute atomic E-state index is 0.131. The second-order valence-electron chi connectivity index (χ2n) is 6.00. The van der Waals surface area contributed by atoms with Crippen LogP contribution in [0.15, 0.2) is 29.2 Å². The lowest BCUT2D eigenvalue weighted by atomic mass is 10.2. The zero-order chi connectivity index (χ0) is 17.6. The third-order valence-corrected chi connectivity index (χ3v) is 6.59. The van der Waals surface area contributed by atoms with E-state index in [2.05, 4.69) is 10.4 Å². The number of benzene rings is 1. The molecule has 1 atom stereocenters. The fourth-order valence-corrected chi connectivity index (χ4v) is 4.97. The summed E-state index contributed by atoms with van der Waals surface area (Å²) in [6.07, 6.45) is 0. The maximum absolute atomic E-state index is 13.3. The summed E-state index contributed by atoms with van der Waals surface area (Å²) >= 11 is 0. The minimum atomic E-state index is -3.86. The van der Waals surface area contributed by atoms with Crippen molar-refractivity contribution in [2.24, 2.45) is 7.05 Å². The van der Waals surface area contributed by atoms with Crippen molar-refractivity contribution in [3.8, 4) is 0 Å². The van der Waals surface area contributed by atoms with E-state index in [1.54, 1.807) is 38.6 Å². The highest BCUT2D eigenvalue weighted by molar-refractivity contribution is 7.89. The van der Waals surface area contributed by atoms with Gasteiger partial charge in [-0.05, 0) is 32.4 Å². The number of nitrogens with one attached hydrogen (secondary N) is 1. The molecule has 1 aromatic carbocycles. The highest BCUT2D eigenvalue weighted by Crippen LogP contribution is 2.30. The smallest absolute Gasteiger partial charge is 0.247 e. The summed E-state index contributed by atoms with van der Waals surface area (Å²) in [7, 11) is -2.16. The third kappa shape index (κ3) is 2.51. The number of anilines is 1. The van der Waals surface area contributed by atoms with Crippen LogP contribution in [0, 0.1) is 13.8 Å². The van der Waals surface area contributed by atoms with Crippen LogP contribution in [-0.4, -0.2) is 34.5 Å². The van der Waals surface area contributed by atoms with E-state index in [9.17, 15) is 13.2 Å². The molecule has 8 heteroatoms. The average Bonchev–Trinajstić information content (AvgIpc) is 2.70. The fraction of sp³-hybridized carbons (Fsp3) is 0.375. The highest BCUT2D eigenvalue weighted by Gasteiger charge is 2.38.